The first-order valence-electron chi connectivity index (χ1n) is 5.84. The highest BCUT2D eigenvalue weighted by atomic mass is 19.3. The monoisotopic (exact) mass is 295 g/mol. The number of carbonyl (C=O) groups excluding carboxylic acids is 1. The van der Waals surface area contributed by atoms with Crippen molar-refractivity contribution in [3.05, 3.63) is 48.0 Å². The fourth-order valence-corrected chi connectivity index (χ4v) is 1.66. The number of hydrogen-bond donors (Lipinski definition) is 3. The van der Waals surface area contributed by atoms with E-state index < -0.39 is 12.5 Å². The molecule has 2 rings (SSSR count). The lowest BCUT2D eigenvalue weighted by Gasteiger charge is -2.12. The lowest BCUT2D eigenvalue weighted by atomic mass is 10.1. The third kappa shape index (κ3) is 3.59. The first-order chi connectivity index (χ1) is 9.97. The molecule has 0 spiro atoms. The average molecular weight is 295 g/mol. The fourth-order valence-electron chi connectivity index (χ4n) is 1.66. The number of phenols is 2. The number of para-hydroxylation sites is 2. The Kier molecular flexibility index (Phi) is 4.22. The Hall–Kier alpha value is -2.83. The molecule has 0 aliphatic rings. The maximum absolute atomic E-state index is 12.3. The van der Waals surface area contributed by atoms with Crippen LogP contribution in [0.4, 0.5) is 14.5 Å². The van der Waals surface area contributed by atoms with Gasteiger partial charge in [-0.2, -0.15) is 8.78 Å². The van der Waals surface area contributed by atoms with Crippen molar-refractivity contribution in [2.45, 2.75) is 6.61 Å². The van der Waals surface area contributed by atoms with Crippen molar-refractivity contribution in [3.63, 3.8) is 0 Å². The van der Waals surface area contributed by atoms with E-state index in [2.05, 4.69) is 10.1 Å². The SMILES string of the molecule is O=C(Nc1ccccc1OC(F)F)c1cc(O)ccc1O. The van der Waals surface area contributed by atoms with Gasteiger partial charge in [-0.1, -0.05) is 12.1 Å². The maximum atomic E-state index is 12.3. The predicted octanol–water partition coefficient (Wildman–Crippen LogP) is 2.95. The normalized spacial score (nSPS) is 10.4. The molecule has 0 heterocycles. The zero-order valence-electron chi connectivity index (χ0n) is 10.6. The van der Waals surface area contributed by atoms with Crippen LogP contribution in [0.2, 0.25) is 0 Å². The van der Waals surface area contributed by atoms with Gasteiger partial charge in [0.2, 0.25) is 0 Å². The molecular formula is C14H11F2NO4. The smallest absolute Gasteiger partial charge is 0.387 e. The van der Waals surface area contributed by atoms with E-state index in [-0.39, 0.29) is 28.5 Å². The number of amides is 1. The van der Waals surface area contributed by atoms with E-state index in [0.29, 0.717) is 0 Å². The molecule has 1 amide bonds. The standard InChI is InChI=1S/C14H11F2NO4/c15-14(16)21-12-4-2-1-3-10(12)17-13(20)9-7-8(18)5-6-11(9)19/h1-7,14,18-19H,(H,17,20). The number of nitrogens with one attached hydrogen (secondary N) is 1. The van der Waals surface area contributed by atoms with E-state index in [1.165, 1.54) is 30.3 Å². The molecule has 0 bridgehead atoms. The van der Waals surface area contributed by atoms with Gasteiger partial charge in [-0.05, 0) is 30.3 Å². The van der Waals surface area contributed by atoms with Crippen LogP contribution in [-0.4, -0.2) is 22.7 Å². The minimum absolute atomic E-state index is 0.0190. The van der Waals surface area contributed by atoms with Gasteiger partial charge >= 0.3 is 6.61 Å². The average Bonchev–Trinajstić information content (AvgIpc) is 2.43. The van der Waals surface area contributed by atoms with Crippen molar-refractivity contribution >= 4 is 11.6 Å². The Balaban J connectivity index is 2.25. The molecule has 0 saturated heterocycles. The number of phenolic OH excluding ortho intramolecular Hbond substituents is 2. The van der Waals surface area contributed by atoms with Crippen LogP contribution in [0.5, 0.6) is 17.2 Å². The summed E-state index contributed by atoms with van der Waals surface area (Å²) in [4.78, 5) is 12.0. The summed E-state index contributed by atoms with van der Waals surface area (Å²) in [5.41, 5.74) is -0.174. The van der Waals surface area contributed by atoms with Crippen LogP contribution in [0.1, 0.15) is 10.4 Å². The summed E-state index contributed by atoms with van der Waals surface area (Å²) >= 11 is 0. The number of ether oxygens (including phenoxy) is 1. The third-order valence-electron chi connectivity index (χ3n) is 2.58. The van der Waals surface area contributed by atoms with Gasteiger partial charge < -0.3 is 20.3 Å². The van der Waals surface area contributed by atoms with Crippen molar-refractivity contribution in [2.24, 2.45) is 0 Å². The molecule has 0 saturated carbocycles. The highest BCUT2D eigenvalue weighted by Crippen LogP contribution is 2.28. The second-order valence-electron chi connectivity index (χ2n) is 4.03. The Labute approximate surface area is 118 Å². The van der Waals surface area contributed by atoms with E-state index in [1.807, 2.05) is 0 Å². The number of carbonyl (C=O) groups is 1. The molecule has 21 heavy (non-hydrogen) atoms. The van der Waals surface area contributed by atoms with Crippen LogP contribution in [0.25, 0.3) is 0 Å². The molecule has 0 fully saturated rings. The molecule has 110 valence electrons. The number of hydrogen-bond acceptors (Lipinski definition) is 4. The summed E-state index contributed by atoms with van der Waals surface area (Å²) in [5, 5.41) is 21.2. The Bertz CT molecular complexity index is 661. The molecule has 0 unspecified atom stereocenters. The lowest BCUT2D eigenvalue weighted by molar-refractivity contribution is -0.0493. The van der Waals surface area contributed by atoms with Gasteiger partial charge in [0.1, 0.15) is 17.2 Å². The zero-order valence-corrected chi connectivity index (χ0v) is 10.6. The number of benzene rings is 2. The summed E-state index contributed by atoms with van der Waals surface area (Å²) in [5.74, 6) is -1.54. The van der Waals surface area contributed by atoms with Gasteiger partial charge in [-0.3, -0.25) is 4.79 Å². The van der Waals surface area contributed by atoms with Crippen molar-refractivity contribution in [1.29, 1.82) is 0 Å². The van der Waals surface area contributed by atoms with Crippen LogP contribution in [0.3, 0.4) is 0 Å². The molecule has 3 N–H and O–H groups in total. The largest absolute Gasteiger partial charge is 0.508 e. The summed E-state index contributed by atoms with van der Waals surface area (Å²) < 4.78 is 28.8. The van der Waals surface area contributed by atoms with Crippen molar-refractivity contribution in [1.82, 2.24) is 0 Å². The van der Waals surface area contributed by atoms with Gasteiger partial charge in [0.25, 0.3) is 5.91 Å². The summed E-state index contributed by atoms with van der Waals surface area (Å²) in [7, 11) is 0. The molecule has 5 nitrogen and oxygen atoms in total. The predicted molar refractivity (Wildman–Crippen MR) is 70.8 cm³/mol. The quantitative estimate of drug-likeness (QED) is 0.758. The number of aromatic hydroxyl groups is 2. The Morgan fingerprint density at radius 2 is 1.86 bits per heavy atom. The van der Waals surface area contributed by atoms with E-state index in [1.54, 1.807) is 0 Å². The zero-order chi connectivity index (χ0) is 15.4. The summed E-state index contributed by atoms with van der Waals surface area (Å²) in [6, 6.07) is 9.04. The molecule has 2 aromatic rings. The topological polar surface area (TPSA) is 78.8 Å². The number of alkyl halides is 2. The molecule has 0 radical (unpaired) electrons. The van der Waals surface area contributed by atoms with E-state index in [0.717, 1.165) is 12.1 Å². The highest BCUT2D eigenvalue weighted by molar-refractivity contribution is 6.07. The van der Waals surface area contributed by atoms with E-state index in [4.69, 9.17) is 0 Å². The van der Waals surface area contributed by atoms with Crippen LogP contribution in [0.15, 0.2) is 42.5 Å². The molecule has 0 aromatic heterocycles. The molecular weight excluding hydrogens is 284 g/mol. The number of halogens is 2. The molecule has 7 heteroatoms. The number of rotatable bonds is 4. The Morgan fingerprint density at radius 1 is 1.14 bits per heavy atom. The third-order valence-corrected chi connectivity index (χ3v) is 2.58. The molecule has 0 aliphatic carbocycles. The van der Waals surface area contributed by atoms with E-state index in [9.17, 15) is 23.8 Å². The van der Waals surface area contributed by atoms with Crippen LogP contribution in [0, 0.1) is 0 Å². The fraction of sp³-hybridized carbons (Fsp3) is 0.0714. The second-order valence-corrected chi connectivity index (χ2v) is 4.03. The highest BCUT2D eigenvalue weighted by Gasteiger charge is 2.15. The molecule has 0 aliphatic heterocycles. The van der Waals surface area contributed by atoms with Gasteiger partial charge in [0.05, 0.1) is 11.3 Å². The van der Waals surface area contributed by atoms with Crippen molar-refractivity contribution < 1.29 is 28.5 Å². The van der Waals surface area contributed by atoms with Crippen LogP contribution >= 0.6 is 0 Å². The van der Waals surface area contributed by atoms with Crippen LogP contribution in [-0.2, 0) is 0 Å². The van der Waals surface area contributed by atoms with Gasteiger partial charge in [-0.15, -0.1) is 0 Å². The lowest BCUT2D eigenvalue weighted by Crippen LogP contribution is -2.14. The maximum Gasteiger partial charge on any atom is 0.387 e. The number of anilines is 1. The van der Waals surface area contributed by atoms with Crippen LogP contribution < -0.4 is 10.1 Å². The minimum atomic E-state index is -3.03. The second kappa shape index (κ2) is 6.08. The molecule has 2 aromatic carbocycles. The van der Waals surface area contributed by atoms with Gasteiger partial charge in [0, 0.05) is 0 Å². The minimum Gasteiger partial charge on any atom is -0.508 e. The first kappa shape index (κ1) is 14.6. The summed E-state index contributed by atoms with van der Waals surface area (Å²) in [6.07, 6.45) is 0. The first-order valence-corrected chi connectivity index (χ1v) is 5.84. The van der Waals surface area contributed by atoms with Gasteiger partial charge in [0.15, 0.2) is 0 Å². The Morgan fingerprint density at radius 3 is 2.57 bits per heavy atom. The van der Waals surface area contributed by atoms with Gasteiger partial charge in [-0.25, -0.2) is 0 Å². The van der Waals surface area contributed by atoms with Crippen molar-refractivity contribution in [3.8, 4) is 17.2 Å². The summed E-state index contributed by atoms with van der Waals surface area (Å²) in [6.45, 7) is -3.03. The van der Waals surface area contributed by atoms with E-state index >= 15 is 0 Å². The van der Waals surface area contributed by atoms with Crippen molar-refractivity contribution in [2.75, 3.05) is 5.32 Å². The molecule has 0 atom stereocenters.